The van der Waals surface area contributed by atoms with Crippen LogP contribution in [0, 0.1) is 0 Å². The maximum absolute atomic E-state index is 11.7. The molecule has 5 atom stereocenters. The number of aliphatic imine (C=N–C) groups is 1. The van der Waals surface area contributed by atoms with Gasteiger partial charge >= 0.3 is 0 Å². The molecule has 0 radical (unpaired) electrons. The number of thiocarbonyl (C=S) groups is 1. The molecule has 0 saturated carbocycles. The van der Waals surface area contributed by atoms with Crippen LogP contribution in [-0.2, 0) is 9.53 Å². The van der Waals surface area contributed by atoms with Crippen LogP contribution in [0.15, 0.2) is 4.99 Å². The first-order chi connectivity index (χ1) is 8.44. The predicted molar refractivity (Wildman–Crippen MR) is 58.4 cm³/mol. The molecule has 1 fully saturated rings. The van der Waals surface area contributed by atoms with Crippen molar-refractivity contribution in [1.29, 1.82) is 0 Å². The molecule has 0 aromatic rings. The molecule has 1 aliphatic rings. The molecule has 1 aliphatic heterocycles. The quantitative estimate of drug-likeness (QED) is 0.339. The van der Waals surface area contributed by atoms with E-state index in [1.807, 2.05) is 5.16 Å². The predicted octanol–water partition coefficient (Wildman–Crippen LogP) is -2.15. The Morgan fingerprint density at radius 1 is 1.59 bits per heavy atom. The van der Waals surface area contributed by atoms with Crippen LogP contribution in [0.1, 0.15) is 8.27 Å². The lowest BCUT2D eigenvalue weighted by atomic mass is 9.89. The van der Waals surface area contributed by atoms with Crippen molar-refractivity contribution in [2.24, 2.45) is 4.99 Å². The Morgan fingerprint density at radius 2 is 2.24 bits per heavy atom. The van der Waals surface area contributed by atoms with Gasteiger partial charge in [-0.3, -0.25) is 4.79 Å². The molecule has 0 amide bonds. The summed E-state index contributed by atoms with van der Waals surface area (Å²) in [5, 5.41) is 39.8. The van der Waals surface area contributed by atoms with E-state index >= 15 is 0 Å². The number of rotatable bonds is 3. The summed E-state index contributed by atoms with van der Waals surface area (Å²) in [4.78, 5) is 15.1. The third-order valence-electron chi connectivity index (χ3n) is 2.58. The van der Waals surface area contributed by atoms with E-state index in [1.54, 1.807) is 0 Å². The molecule has 1 saturated heterocycles. The standard InChI is InChI=1S/C9H13NO6S/c1-4(12)9(10-3-17)8(15)7(14)6(13)5(2-11)16-9/h5-8,11,13-15H,2H2,1H3/t5-,6-,7+,8-,9?/m1/s1/i1D. The monoisotopic (exact) mass is 264 g/mol. The maximum Gasteiger partial charge on any atom is 0.256 e. The molecule has 0 aromatic heterocycles. The Morgan fingerprint density at radius 3 is 2.71 bits per heavy atom. The van der Waals surface area contributed by atoms with Gasteiger partial charge in [-0.25, -0.2) is 0 Å². The second-order valence-electron chi connectivity index (χ2n) is 3.59. The molecular formula is C9H13NO6S. The Kier molecular flexibility index (Phi) is 3.95. The number of ether oxygens (including phenoxy) is 1. The fourth-order valence-corrected chi connectivity index (χ4v) is 1.74. The van der Waals surface area contributed by atoms with Crippen LogP contribution >= 0.6 is 12.2 Å². The lowest BCUT2D eigenvalue weighted by Gasteiger charge is -2.44. The lowest BCUT2D eigenvalue weighted by Crippen LogP contribution is -2.66. The van der Waals surface area contributed by atoms with Gasteiger partial charge in [-0.1, -0.05) is 0 Å². The summed E-state index contributed by atoms with van der Waals surface area (Å²) in [6.07, 6.45) is -6.58. The van der Waals surface area contributed by atoms with E-state index in [0.717, 1.165) is 0 Å². The third-order valence-corrected chi connectivity index (χ3v) is 2.67. The summed E-state index contributed by atoms with van der Waals surface area (Å²) >= 11 is 4.34. The highest BCUT2D eigenvalue weighted by Gasteiger charge is 2.56. The second-order valence-corrected chi connectivity index (χ2v) is 3.77. The molecule has 0 spiro atoms. The van der Waals surface area contributed by atoms with E-state index in [-0.39, 0.29) is 0 Å². The van der Waals surface area contributed by atoms with Crippen LogP contribution in [0.5, 0.6) is 0 Å². The van der Waals surface area contributed by atoms with E-state index in [0.29, 0.717) is 0 Å². The molecule has 0 aliphatic carbocycles. The normalized spacial score (nSPS) is 42.5. The molecule has 7 nitrogen and oxygen atoms in total. The van der Waals surface area contributed by atoms with Crippen LogP contribution in [0.4, 0.5) is 0 Å². The number of aliphatic hydroxyl groups is 4. The van der Waals surface area contributed by atoms with E-state index < -0.39 is 49.4 Å². The SMILES string of the molecule is [2H]CC(=O)C1(N=C=S)O[C@H](CO)[C@@H](O)[C@H](O)[C@H]1O. The van der Waals surface area contributed by atoms with Crippen molar-refractivity contribution < 1.29 is 31.3 Å². The van der Waals surface area contributed by atoms with Crippen LogP contribution in [0.3, 0.4) is 0 Å². The van der Waals surface area contributed by atoms with Crippen LogP contribution in [0.25, 0.3) is 0 Å². The number of nitrogens with zero attached hydrogens (tertiary/aromatic N) is 1. The fraction of sp³-hybridized carbons (Fsp3) is 0.778. The zero-order valence-corrected chi connectivity index (χ0v) is 9.50. The summed E-state index contributed by atoms with van der Waals surface area (Å²) in [5.74, 6) is -0.961. The molecule has 96 valence electrons. The van der Waals surface area contributed by atoms with E-state index in [9.17, 15) is 20.1 Å². The van der Waals surface area contributed by atoms with Crippen molar-refractivity contribution in [2.75, 3.05) is 6.61 Å². The van der Waals surface area contributed by atoms with Crippen molar-refractivity contribution in [3.63, 3.8) is 0 Å². The van der Waals surface area contributed by atoms with Gasteiger partial charge in [-0.2, -0.15) is 4.99 Å². The first-order valence-electron chi connectivity index (χ1n) is 5.39. The van der Waals surface area contributed by atoms with Crippen molar-refractivity contribution in [3.05, 3.63) is 0 Å². The molecule has 4 N–H and O–H groups in total. The molecule has 1 heterocycles. The van der Waals surface area contributed by atoms with E-state index in [2.05, 4.69) is 17.2 Å². The molecule has 17 heavy (non-hydrogen) atoms. The smallest absolute Gasteiger partial charge is 0.256 e. The van der Waals surface area contributed by atoms with Gasteiger partial charge in [0.2, 0.25) is 0 Å². The Labute approximate surface area is 104 Å². The number of hydrogen-bond donors (Lipinski definition) is 4. The molecule has 1 unspecified atom stereocenters. The summed E-state index contributed by atoms with van der Waals surface area (Å²) in [6.45, 7) is -1.48. The molecule has 8 heteroatoms. The first kappa shape index (κ1) is 12.7. The number of carbonyl (C=O) groups is 1. The molecule has 0 bridgehead atoms. The van der Waals surface area contributed by atoms with Gasteiger partial charge in [0, 0.05) is 1.37 Å². The molecule has 0 aromatic carbocycles. The number of carbonyl (C=O) groups excluding carboxylic acids is 1. The van der Waals surface area contributed by atoms with E-state index in [4.69, 9.17) is 11.2 Å². The highest BCUT2D eigenvalue weighted by molar-refractivity contribution is 7.78. The maximum atomic E-state index is 11.7. The molecular weight excluding hydrogens is 250 g/mol. The van der Waals surface area contributed by atoms with Gasteiger partial charge in [0.15, 0.2) is 5.78 Å². The summed E-state index contributed by atoms with van der Waals surface area (Å²) in [5.41, 5.74) is -2.31. The van der Waals surface area contributed by atoms with Crippen molar-refractivity contribution in [2.45, 2.75) is 37.0 Å². The van der Waals surface area contributed by atoms with Gasteiger partial charge < -0.3 is 25.2 Å². The number of aliphatic hydroxyl groups excluding tert-OH is 4. The van der Waals surface area contributed by atoms with Crippen molar-refractivity contribution in [1.82, 2.24) is 0 Å². The van der Waals surface area contributed by atoms with Gasteiger partial charge in [0.05, 0.1) is 11.8 Å². The average molecular weight is 264 g/mol. The Bertz CT molecular complexity index is 374. The van der Waals surface area contributed by atoms with E-state index in [1.165, 1.54) is 0 Å². The van der Waals surface area contributed by atoms with Crippen LogP contribution in [0.2, 0.25) is 0 Å². The topological polar surface area (TPSA) is 120 Å². The number of hydrogen-bond acceptors (Lipinski definition) is 8. The van der Waals surface area contributed by atoms with Gasteiger partial charge in [0.1, 0.15) is 24.4 Å². The average Bonchev–Trinajstić information content (AvgIpc) is 2.38. The minimum Gasteiger partial charge on any atom is -0.394 e. The fourth-order valence-electron chi connectivity index (χ4n) is 1.61. The number of isothiocyanates is 1. The van der Waals surface area contributed by atoms with Crippen LogP contribution < -0.4 is 0 Å². The largest absolute Gasteiger partial charge is 0.394 e. The summed E-state index contributed by atoms with van der Waals surface area (Å²) in [6, 6.07) is 0. The minimum atomic E-state index is -2.31. The third kappa shape index (κ3) is 2.29. The Balaban J connectivity index is 3.23. The Hall–Kier alpha value is -0.730. The van der Waals surface area contributed by atoms with Gasteiger partial charge in [-0.05, 0) is 19.1 Å². The summed E-state index contributed by atoms with van der Waals surface area (Å²) in [7, 11) is 0. The van der Waals surface area contributed by atoms with Gasteiger partial charge in [-0.15, -0.1) is 0 Å². The highest BCUT2D eigenvalue weighted by Crippen LogP contribution is 2.31. The highest BCUT2D eigenvalue weighted by atomic mass is 32.1. The number of ketones is 1. The van der Waals surface area contributed by atoms with Gasteiger partial charge in [0.25, 0.3) is 5.72 Å². The lowest BCUT2D eigenvalue weighted by molar-refractivity contribution is -0.261. The zero-order chi connectivity index (χ0) is 13.9. The first-order valence-corrected chi connectivity index (χ1v) is 5.09. The summed E-state index contributed by atoms with van der Waals surface area (Å²) < 4.78 is 12.0. The molecule has 1 rings (SSSR count). The van der Waals surface area contributed by atoms with Crippen molar-refractivity contribution >= 4 is 23.2 Å². The minimum absolute atomic E-state index is 0.703. The van der Waals surface area contributed by atoms with Crippen LogP contribution in [-0.4, -0.2) is 68.1 Å². The zero-order valence-electron chi connectivity index (χ0n) is 9.68. The number of Topliss-reactive ketones (excluding diaryl/α,β-unsaturated/α-hetero) is 1. The van der Waals surface area contributed by atoms with Crippen molar-refractivity contribution in [3.8, 4) is 0 Å². The second kappa shape index (κ2) is 5.28.